The van der Waals surface area contributed by atoms with E-state index in [0.717, 1.165) is 43.6 Å². The van der Waals surface area contributed by atoms with Crippen LogP contribution in [0, 0.1) is 0 Å². The molecule has 0 radical (unpaired) electrons. The SMILES string of the molecule is CCCOC1(OCCC)CC(C)(C)N(OC(C)c2ccc(OCC3CO3)cc2)C(C)(C)C1. The van der Waals surface area contributed by atoms with Crippen LogP contribution < -0.4 is 4.74 Å². The molecule has 0 aliphatic carbocycles. The highest BCUT2D eigenvalue weighted by Gasteiger charge is 2.55. The van der Waals surface area contributed by atoms with Gasteiger partial charge in [-0.2, -0.15) is 5.06 Å². The molecule has 2 heterocycles. The van der Waals surface area contributed by atoms with Crippen LogP contribution in [-0.2, 0) is 19.0 Å². The minimum atomic E-state index is -0.577. The molecule has 6 nitrogen and oxygen atoms in total. The molecular weight excluding hydrogens is 406 g/mol. The van der Waals surface area contributed by atoms with Gasteiger partial charge in [-0.05, 0) is 65.2 Å². The smallest absolute Gasteiger partial charge is 0.171 e. The lowest BCUT2D eigenvalue weighted by atomic mass is 9.77. The summed E-state index contributed by atoms with van der Waals surface area (Å²) in [4.78, 5) is 6.62. The van der Waals surface area contributed by atoms with Gasteiger partial charge in [0.1, 0.15) is 24.6 Å². The highest BCUT2D eigenvalue weighted by atomic mass is 16.7. The van der Waals surface area contributed by atoms with Crippen molar-refractivity contribution in [1.29, 1.82) is 0 Å². The lowest BCUT2D eigenvalue weighted by Gasteiger charge is -2.58. The summed E-state index contributed by atoms with van der Waals surface area (Å²) in [7, 11) is 0. The third-order valence-corrected chi connectivity index (χ3v) is 6.09. The maximum atomic E-state index is 6.62. The van der Waals surface area contributed by atoms with Crippen LogP contribution in [-0.4, -0.2) is 54.5 Å². The van der Waals surface area contributed by atoms with Crippen molar-refractivity contribution >= 4 is 0 Å². The Kier molecular flexibility index (Phi) is 8.26. The Balaban J connectivity index is 1.69. The number of hydrogen-bond acceptors (Lipinski definition) is 6. The Morgan fingerprint density at radius 1 is 0.969 bits per heavy atom. The Morgan fingerprint density at radius 3 is 1.97 bits per heavy atom. The molecule has 0 spiro atoms. The second-order valence-corrected chi connectivity index (χ2v) is 10.5. The minimum absolute atomic E-state index is 0.0880. The van der Waals surface area contributed by atoms with Crippen LogP contribution in [0.1, 0.15) is 85.8 Å². The number of benzene rings is 1. The average Bonchev–Trinajstić information content (AvgIpc) is 3.56. The lowest BCUT2D eigenvalue weighted by Crippen LogP contribution is -2.66. The summed E-state index contributed by atoms with van der Waals surface area (Å²) in [6, 6.07) is 8.17. The normalized spacial score (nSPS) is 24.8. The first-order chi connectivity index (χ1) is 15.1. The summed E-state index contributed by atoms with van der Waals surface area (Å²) in [5, 5.41) is 2.17. The number of piperidine rings is 1. The molecule has 182 valence electrons. The van der Waals surface area contributed by atoms with E-state index in [2.05, 4.69) is 65.7 Å². The molecule has 6 heteroatoms. The van der Waals surface area contributed by atoms with Gasteiger partial charge in [-0.1, -0.05) is 26.0 Å². The van der Waals surface area contributed by atoms with E-state index in [0.29, 0.717) is 19.8 Å². The lowest BCUT2D eigenvalue weighted by molar-refractivity contribution is -0.368. The average molecular weight is 450 g/mol. The third-order valence-electron chi connectivity index (χ3n) is 6.09. The zero-order valence-corrected chi connectivity index (χ0v) is 21.1. The quantitative estimate of drug-likeness (QED) is 0.303. The maximum absolute atomic E-state index is 6.62. The van der Waals surface area contributed by atoms with Crippen molar-refractivity contribution in [2.75, 3.05) is 26.4 Å². The molecule has 0 amide bonds. The van der Waals surface area contributed by atoms with Crippen molar-refractivity contribution in [1.82, 2.24) is 5.06 Å². The molecule has 2 atom stereocenters. The standard InChI is InChI=1S/C26H43NO5/c1-8-14-30-26(31-15-9-2)18-24(4,5)27(25(6,7)19-26)32-20(3)21-10-12-22(13-11-21)28-16-23-17-29-23/h10-13,20,23H,8-9,14-19H2,1-7H3. The molecule has 2 aliphatic rings. The number of hydrogen-bond donors (Lipinski definition) is 0. The van der Waals surface area contributed by atoms with Crippen LogP contribution in [0.3, 0.4) is 0 Å². The molecule has 3 rings (SSSR count). The fourth-order valence-electron chi connectivity index (χ4n) is 4.86. The van der Waals surface area contributed by atoms with Crippen LogP contribution in [0.25, 0.3) is 0 Å². The molecule has 2 aliphatic heterocycles. The third kappa shape index (κ3) is 6.45. The van der Waals surface area contributed by atoms with Gasteiger partial charge in [-0.25, -0.2) is 0 Å². The van der Waals surface area contributed by atoms with Crippen LogP contribution in [0.2, 0.25) is 0 Å². The van der Waals surface area contributed by atoms with E-state index in [1.807, 2.05) is 12.1 Å². The Bertz CT molecular complexity index is 685. The van der Waals surface area contributed by atoms with Gasteiger partial charge in [0, 0.05) is 37.1 Å². The van der Waals surface area contributed by atoms with Gasteiger partial charge in [-0.15, -0.1) is 0 Å². The molecule has 0 aromatic heterocycles. The first-order valence-electron chi connectivity index (χ1n) is 12.2. The number of hydroxylamine groups is 2. The molecule has 32 heavy (non-hydrogen) atoms. The van der Waals surface area contributed by atoms with Crippen LogP contribution in [0.15, 0.2) is 24.3 Å². The summed E-state index contributed by atoms with van der Waals surface area (Å²) in [6.07, 6.45) is 3.63. The van der Waals surface area contributed by atoms with Crippen molar-refractivity contribution in [3.63, 3.8) is 0 Å². The van der Waals surface area contributed by atoms with Crippen molar-refractivity contribution in [3.05, 3.63) is 29.8 Å². The zero-order chi connectivity index (χ0) is 23.4. The summed E-state index contributed by atoms with van der Waals surface area (Å²) in [5.74, 6) is 0.285. The zero-order valence-electron chi connectivity index (χ0n) is 21.1. The van der Waals surface area contributed by atoms with Crippen LogP contribution >= 0.6 is 0 Å². The molecule has 1 aromatic rings. The number of epoxide rings is 1. The molecule has 2 unspecified atom stereocenters. The molecular formula is C26H43NO5. The van der Waals surface area contributed by atoms with Crippen molar-refractivity contribution in [2.45, 2.75) is 103 Å². The molecule has 0 N–H and O–H groups in total. The van der Waals surface area contributed by atoms with Crippen LogP contribution in [0.5, 0.6) is 5.75 Å². The van der Waals surface area contributed by atoms with Crippen molar-refractivity contribution in [2.24, 2.45) is 0 Å². The number of ether oxygens (including phenoxy) is 4. The van der Waals surface area contributed by atoms with E-state index in [4.69, 9.17) is 23.8 Å². The molecule has 2 fully saturated rings. The van der Waals surface area contributed by atoms with E-state index in [1.165, 1.54) is 0 Å². The van der Waals surface area contributed by atoms with Crippen molar-refractivity contribution < 1.29 is 23.8 Å². The molecule has 0 bridgehead atoms. The number of rotatable bonds is 12. The Labute approximate surface area is 194 Å². The van der Waals surface area contributed by atoms with E-state index in [9.17, 15) is 0 Å². The second kappa shape index (κ2) is 10.4. The fourth-order valence-corrected chi connectivity index (χ4v) is 4.86. The van der Waals surface area contributed by atoms with E-state index < -0.39 is 5.79 Å². The highest BCUT2D eigenvalue weighted by Crippen LogP contribution is 2.47. The summed E-state index contributed by atoms with van der Waals surface area (Å²) >= 11 is 0. The number of nitrogens with zero attached hydrogens (tertiary/aromatic N) is 1. The van der Waals surface area contributed by atoms with Gasteiger partial charge < -0.3 is 18.9 Å². The first-order valence-corrected chi connectivity index (χ1v) is 12.2. The summed E-state index contributed by atoms with van der Waals surface area (Å²) < 4.78 is 23.7. The molecule has 0 saturated carbocycles. The van der Waals surface area contributed by atoms with Gasteiger partial charge in [0.05, 0.1) is 6.61 Å². The predicted octanol–water partition coefficient (Wildman–Crippen LogP) is 5.66. The van der Waals surface area contributed by atoms with Gasteiger partial charge in [0.2, 0.25) is 0 Å². The second-order valence-electron chi connectivity index (χ2n) is 10.5. The van der Waals surface area contributed by atoms with Gasteiger partial charge in [0.25, 0.3) is 0 Å². The first kappa shape index (κ1) is 25.4. The summed E-state index contributed by atoms with van der Waals surface area (Å²) in [6.45, 7) is 18.1. The molecule has 2 saturated heterocycles. The highest BCUT2D eigenvalue weighted by molar-refractivity contribution is 5.28. The van der Waals surface area contributed by atoms with E-state index >= 15 is 0 Å². The van der Waals surface area contributed by atoms with Gasteiger partial charge >= 0.3 is 0 Å². The Hall–Kier alpha value is -1.18. The van der Waals surface area contributed by atoms with Crippen molar-refractivity contribution in [3.8, 4) is 5.75 Å². The predicted molar refractivity (Wildman–Crippen MR) is 126 cm³/mol. The minimum Gasteiger partial charge on any atom is -0.491 e. The van der Waals surface area contributed by atoms with Gasteiger partial charge in [-0.3, -0.25) is 4.84 Å². The fraction of sp³-hybridized carbons (Fsp3) is 0.769. The largest absolute Gasteiger partial charge is 0.491 e. The molecule has 1 aromatic carbocycles. The van der Waals surface area contributed by atoms with E-state index in [-0.39, 0.29) is 23.3 Å². The van der Waals surface area contributed by atoms with E-state index in [1.54, 1.807) is 0 Å². The topological polar surface area (TPSA) is 52.7 Å². The van der Waals surface area contributed by atoms with Crippen LogP contribution in [0.4, 0.5) is 0 Å². The summed E-state index contributed by atoms with van der Waals surface area (Å²) in [5.41, 5.74) is 0.600. The monoisotopic (exact) mass is 449 g/mol. The van der Waals surface area contributed by atoms with Gasteiger partial charge in [0.15, 0.2) is 5.79 Å². The maximum Gasteiger partial charge on any atom is 0.171 e. The Morgan fingerprint density at radius 2 is 1.50 bits per heavy atom.